The molecule has 0 radical (unpaired) electrons. The Labute approximate surface area is 154 Å². The van der Waals surface area contributed by atoms with E-state index >= 15 is 0 Å². The SMILES string of the molecule is COc1cc(Cl)c(C)cc1NC(=O)COC(=O)/C(C#N)=C/c1ccco1. The van der Waals surface area contributed by atoms with Crippen LogP contribution in [0.15, 0.2) is 40.5 Å². The molecule has 1 heterocycles. The van der Waals surface area contributed by atoms with E-state index < -0.39 is 18.5 Å². The van der Waals surface area contributed by atoms with E-state index in [9.17, 15) is 9.59 Å². The number of nitrogens with one attached hydrogen (secondary N) is 1. The number of hydrogen-bond acceptors (Lipinski definition) is 6. The zero-order valence-corrected chi connectivity index (χ0v) is 14.8. The molecular weight excluding hydrogens is 360 g/mol. The number of hydrogen-bond donors (Lipinski definition) is 1. The van der Waals surface area contributed by atoms with Gasteiger partial charge in [0.1, 0.15) is 23.2 Å². The molecule has 26 heavy (non-hydrogen) atoms. The molecule has 0 spiro atoms. The number of methoxy groups -OCH3 is 1. The van der Waals surface area contributed by atoms with E-state index in [-0.39, 0.29) is 5.57 Å². The van der Waals surface area contributed by atoms with Gasteiger partial charge in [0.25, 0.3) is 5.91 Å². The van der Waals surface area contributed by atoms with Crippen LogP contribution in [-0.2, 0) is 14.3 Å². The highest BCUT2D eigenvalue weighted by Crippen LogP contribution is 2.30. The summed E-state index contributed by atoms with van der Waals surface area (Å²) in [4.78, 5) is 23.9. The van der Waals surface area contributed by atoms with Crippen molar-refractivity contribution in [3.8, 4) is 11.8 Å². The number of carbonyl (C=O) groups is 2. The fourth-order valence-corrected chi connectivity index (χ4v) is 2.13. The van der Waals surface area contributed by atoms with E-state index in [1.165, 1.54) is 19.4 Å². The van der Waals surface area contributed by atoms with E-state index in [0.29, 0.717) is 22.2 Å². The van der Waals surface area contributed by atoms with Gasteiger partial charge in [-0.25, -0.2) is 4.79 Å². The van der Waals surface area contributed by atoms with Crippen LogP contribution in [0.1, 0.15) is 11.3 Å². The van der Waals surface area contributed by atoms with Gasteiger partial charge >= 0.3 is 5.97 Å². The lowest BCUT2D eigenvalue weighted by Gasteiger charge is -2.12. The molecule has 1 amide bonds. The van der Waals surface area contributed by atoms with E-state index in [2.05, 4.69) is 5.32 Å². The van der Waals surface area contributed by atoms with Gasteiger partial charge in [-0.15, -0.1) is 0 Å². The molecule has 8 heteroatoms. The van der Waals surface area contributed by atoms with Gasteiger partial charge in [-0.2, -0.15) is 5.26 Å². The van der Waals surface area contributed by atoms with Crippen LogP contribution in [0.2, 0.25) is 5.02 Å². The number of esters is 1. The summed E-state index contributed by atoms with van der Waals surface area (Å²) in [5.74, 6) is -0.827. The smallest absolute Gasteiger partial charge is 0.349 e. The molecular formula is C18H15ClN2O5. The van der Waals surface area contributed by atoms with Crippen molar-refractivity contribution in [1.29, 1.82) is 5.26 Å². The van der Waals surface area contributed by atoms with E-state index in [1.807, 2.05) is 0 Å². The molecule has 2 aromatic rings. The predicted molar refractivity (Wildman–Crippen MR) is 94.6 cm³/mol. The molecule has 0 aliphatic heterocycles. The zero-order chi connectivity index (χ0) is 19.1. The summed E-state index contributed by atoms with van der Waals surface area (Å²) < 4.78 is 15.0. The summed E-state index contributed by atoms with van der Waals surface area (Å²) in [7, 11) is 1.44. The van der Waals surface area contributed by atoms with Gasteiger partial charge in [0.2, 0.25) is 0 Å². The molecule has 0 unspecified atom stereocenters. The third-order valence-corrected chi connectivity index (χ3v) is 3.67. The standard InChI is InChI=1S/C18H15ClN2O5/c1-11-6-15(16(24-2)8-14(11)19)21-17(22)10-26-18(23)12(9-20)7-13-4-3-5-25-13/h3-8H,10H2,1-2H3,(H,21,22)/b12-7+. The zero-order valence-electron chi connectivity index (χ0n) is 14.0. The molecule has 0 saturated heterocycles. The Bertz CT molecular complexity index is 882. The molecule has 0 aliphatic rings. The van der Waals surface area contributed by atoms with Gasteiger partial charge < -0.3 is 19.2 Å². The minimum absolute atomic E-state index is 0.285. The lowest BCUT2D eigenvalue weighted by atomic mass is 10.2. The van der Waals surface area contributed by atoms with Gasteiger partial charge in [0.05, 0.1) is 19.1 Å². The first-order chi connectivity index (χ1) is 12.4. The molecule has 1 aromatic heterocycles. The Kier molecular flexibility index (Phi) is 6.42. The number of aryl methyl sites for hydroxylation is 1. The van der Waals surface area contributed by atoms with Crippen molar-refractivity contribution in [3.05, 3.63) is 52.4 Å². The number of rotatable bonds is 6. The maximum absolute atomic E-state index is 12.0. The van der Waals surface area contributed by atoms with Crippen molar-refractivity contribution in [3.63, 3.8) is 0 Å². The number of halogens is 1. The first-order valence-electron chi connectivity index (χ1n) is 7.41. The second kappa shape index (κ2) is 8.74. The van der Waals surface area contributed by atoms with Crippen LogP contribution in [0, 0.1) is 18.3 Å². The second-order valence-corrected chi connectivity index (χ2v) is 5.52. The molecule has 1 N–H and O–H groups in total. The van der Waals surface area contributed by atoms with Gasteiger partial charge in [-0.3, -0.25) is 4.79 Å². The van der Waals surface area contributed by atoms with Gasteiger partial charge in [0.15, 0.2) is 6.61 Å². The van der Waals surface area contributed by atoms with Crippen LogP contribution in [-0.4, -0.2) is 25.6 Å². The molecule has 1 aromatic carbocycles. The first kappa shape index (κ1) is 19.1. The van der Waals surface area contributed by atoms with Crippen LogP contribution in [0.3, 0.4) is 0 Å². The molecule has 7 nitrogen and oxygen atoms in total. The number of benzene rings is 1. The largest absolute Gasteiger partial charge is 0.495 e. The number of ether oxygens (including phenoxy) is 2. The fourth-order valence-electron chi connectivity index (χ4n) is 1.98. The summed E-state index contributed by atoms with van der Waals surface area (Å²) in [6.07, 6.45) is 2.63. The van der Waals surface area contributed by atoms with Gasteiger partial charge in [-0.05, 0) is 30.7 Å². The average molecular weight is 375 g/mol. The Balaban J connectivity index is 1.99. The van der Waals surface area contributed by atoms with Crippen molar-refractivity contribution < 1.29 is 23.5 Å². The Morgan fingerprint density at radius 2 is 2.19 bits per heavy atom. The predicted octanol–water partition coefficient (Wildman–Crippen LogP) is 3.34. The maximum Gasteiger partial charge on any atom is 0.349 e. The number of amides is 1. The Hall–Kier alpha value is -3.24. The summed E-state index contributed by atoms with van der Waals surface area (Å²) in [5.41, 5.74) is 0.850. The van der Waals surface area contributed by atoms with Gasteiger partial charge in [0, 0.05) is 17.2 Å². The monoisotopic (exact) mass is 374 g/mol. The van der Waals surface area contributed by atoms with E-state index in [0.717, 1.165) is 5.56 Å². The first-order valence-corrected chi connectivity index (χ1v) is 7.78. The average Bonchev–Trinajstić information content (AvgIpc) is 3.13. The highest BCUT2D eigenvalue weighted by molar-refractivity contribution is 6.31. The second-order valence-electron chi connectivity index (χ2n) is 5.11. The van der Waals surface area contributed by atoms with Crippen LogP contribution in [0.5, 0.6) is 5.75 Å². The van der Waals surface area contributed by atoms with Crippen molar-refractivity contribution in [2.75, 3.05) is 19.0 Å². The minimum atomic E-state index is -0.932. The lowest BCUT2D eigenvalue weighted by molar-refractivity contribution is -0.142. The minimum Gasteiger partial charge on any atom is -0.495 e. The summed E-state index contributed by atoms with van der Waals surface area (Å²) in [6.45, 7) is 1.21. The Morgan fingerprint density at radius 1 is 1.42 bits per heavy atom. The van der Waals surface area contributed by atoms with Gasteiger partial charge in [-0.1, -0.05) is 11.6 Å². The summed E-state index contributed by atoms with van der Waals surface area (Å²) in [5, 5.41) is 12.1. The topological polar surface area (TPSA) is 102 Å². The molecule has 0 aliphatic carbocycles. The van der Waals surface area contributed by atoms with E-state index in [4.69, 9.17) is 30.8 Å². The third kappa shape index (κ3) is 4.88. The highest BCUT2D eigenvalue weighted by Gasteiger charge is 2.15. The highest BCUT2D eigenvalue weighted by atomic mass is 35.5. The van der Waals surface area contributed by atoms with Crippen LogP contribution < -0.4 is 10.1 Å². The molecule has 0 atom stereocenters. The molecule has 0 bridgehead atoms. The molecule has 0 saturated carbocycles. The van der Waals surface area contributed by atoms with Crippen LogP contribution >= 0.6 is 11.6 Å². The van der Waals surface area contributed by atoms with Crippen molar-refractivity contribution in [1.82, 2.24) is 0 Å². The molecule has 2 rings (SSSR count). The fraction of sp³-hybridized carbons (Fsp3) is 0.167. The quantitative estimate of drug-likeness (QED) is 0.472. The molecule has 134 valence electrons. The molecule has 0 fully saturated rings. The normalized spacial score (nSPS) is 10.8. The number of carbonyl (C=O) groups excluding carboxylic acids is 2. The number of nitrogens with zero attached hydrogens (tertiary/aromatic N) is 1. The van der Waals surface area contributed by atoms with Crippen LogP contribution in [0.25, 0.3) is 6.08 Å². The van der Waals surface area contributed by atoms with Crippen molar-refractivity contribution >= 4 is 35.2 Å². The third-order valence-electron chi connectivity index (χ3n) is 3.26. The maximum atomic E-state index is 12.0. The lowest BCUT2D eigenvalue weighted by Crippen LogP contribution is -2.21. The summed E-state index contributed by atoms with van der Waals surface area (Å²) >= 11 is 6.01. The van der Waals surface area contributed by atoms with Crippen molar-refractivity contribution in [2.24, 2.45) is 0 Å². The van der Waals surface area contributed by atoms with E-state index in [1.54, 1.807) is 37.3 Å². The Morgan fingerprint density at radius 3 is 2.81 bits per heavy atom. The van der Waals surface area contributed by atoms with Crippen molar-refractivity contribution in [2.45, 2.75) is 6.92 Å². The summed E-state index contributed by atoms with van der Waals surface area (Å²) in [6, 6.07) is 8.10. The number of furan rings is 1. The van der Waals surface area contributed by atoms with Crippen LogP contribution in [0.4, 0.5) is 5.69 Å². The number of nitriles is 1. The number of anilines is 1.